The Morgan fingerprint density at radius 3 is 2.19 bits per heavy atom. The van der Waals surface area contributed by atoms with Crippen LogP contribution in [0.15, 0.2) is 84.9 Å². The summed E-state index contributed by atoms with van der Waals surface area (Å²) in [6.07, 6.45) is 0. The van der Waals surface area contributed by atoms with Crippen LogP contribution in [0.1, 0.15) is 0 Å². The molecule has 1 heterocycles. The van der Waals surface area contributed by atoms with Crippen molar-refractivity contribution in [3.05, 3.63) is 90.0 Å². The van der Waals surface area contributed by atoms with Gasteiger partial charge in [0.2, 0.25) is 0 Å². The van der Waals surface area contributed by atoms with Gasteiger partial charge in [0.15, 0.2) is 0 Å². The second kappa shape index (κ2) is 6.19. The molecule has 0 spiro atoms. The highest BCUT2D eigenvalue weighted by molar-refractivity contribution is 6.30. The number of para-hydroxylation sites is 2. The SMILES string of the molecule is Nc1ccccc1-c1cc2[nH]c3ccccc3c2cc1-c1ccc(Cl)cc1. The Hall–Kier alpha value is -3.23. The summed E-state index contributed by atoms with van der Waals surface area (Å²) in [7, 11) is 0. The number of aromatic nitrogens is 1. The summed E-state index contributed by atoms with van der Waals surface area (Å²) < 4.78 is 0. The van der Waals surface area contributed by atoms with Gasteiger partial charge in [0.25, 0.3) is 0 Å². The smallest absolute Gasteiger partial charge is 0.0471 e. The highest BCUT2D eigenvalue weighted by Crippen LogP contribution is 2.40. The maximum atomic E-state index is 6.31. The van der Waals surface area contributed by atoms with Crippen LogP contribution in [0.25, 0.3) is 44.1 Å². The zero-order valence-corrected chi connectivity index (χ0v) is 15.3. The van der Waals surface area contributed by atoms with E-state index in [0.29, 0.717) is 0 Å². The van der Waals surface area contributed by atoms with Crippen LogP contribution in [-0.4, -0.2) is 4.98 Å². The van der Waals surface area contributed by atoms with Crippen LogP contribution in [0.4, 0.5) is 5.69 Å². The lowest BCUT2D eigenvalue weighted by Crippen LogP contribution is -1.92. The number of halogens is 1. The molecule has 4 aromatic carbocycles. The predicted octanol–water partition coefficient (Wildman–Crippen LogP) is 6.89. The first-order valence-corrected chi connectivity index (χ1v) is 9.24. The molecule has 0 saturated carbocycles. The maximum absolute atomic E-state index is 6.31. The third-order valence-electron chi connectivity index (χ3n) is 5.05. The minimum Gasteiger partial charge on any atom is -0.398 e. The number of nitrogens with one attached hydrogen (secondary N) is 1. The van der Waals surface area contributed by atoms with E-state index in [2.05, 4.69) is 53.5 Å². The number of aromatic amines is 1. The van der Waals surface area contributed by atoms with Gasteiger partial charge in [-0.1, -0.05) is 60.1 Å². The summed E-state index contributed by atoms with van der Waals surface area (Å²) in [5.41, 5.74) is 13.7. The van der Waals surface area contributed by atoms with Crippen LogP contribution in [-0.2, 0) is 0 Å². The average molecular weight is 369 g/mol. The lowest BCUT2D eigenvalue weighted by molar-refractivity contribution is 1.53. The molecule has 0 aliphatic carbocycles. The topological polar surface area (TPSA) is 41.8 Å². The number of H-pyrrole nitrogens is 1. The van der Waals surface area contributed by atoms with Crippen LogP contribution in [0.5, 0.6) is 0 Å². The second-order valence-corrected chi connectivity index (χ2v) is 7.14. The molecule has 0 aliphatic heterocycles. The molecular weight excluding hydrogens is 352 g/mol. The molecule has 0 atom stereocenters. The fourth-order valence-corrected chi connectivity index (χ4v) is 3.86. The normalized spacial score (nSPS) is 11.3. The van der Waals surface area contributed by atoms with Crippen molar-refractivity contribution in [2.45, 2.75) is 0 Å². The maximum Gasteiger partial charge on any atom is 0.0471 e. The van der Waals surface area contributed by atoms with Crippen molar-refractivity contribution in [2.24, 2.45) is 0 Å². The molecule has 0 amide bonds. The Kier molecular flexibility index (Phi) is 3.66. The van der Waals surface area contributed by atoms with Gasteiger partial charge >= 0.3 is 0 Å². The molecule has 0 saturated heterocycles. The van der Waals surface area contributed by atoms with Crippen molar-refractivity contribution >= 4 is 39.1 Å². The van der Waals surface area contributed by atoms with Crippen LogP contribution in [0.2, 0.25) is 5.02 Å². The fraction of sp³-hybridized carbons (Fsp3) is 0. The first-order chi connectivity index (χ1) is 13.2. The molecule has 3 N–H and O–H groups in total. The number of hydrogen-bond donors (Lipinski definition) is 2. The molecule has 1 aromatic heterocycles. The van der Waals surface area contributed by atoms with Gasteiger partial charge < -0.3 is 10.7 Å². The van der Waals surface area contributed by atoms with E-state index in [0.717, 1.165) is 44.0 Å². The standard InChI is InChI=1S/C24H17ClN2/c25-16-11-9-15(10-12-16)19-13-21-18-6-2-4-8-23(18)27-24(21)14-20(19)17-5-1-3-7-22(17)26/h1-14,27H,26H2. The number of nitrogen functional groups attached to an aromatic ring is 1. The molecule has 5 aromatic rings. The Morgan fingerprint density at radius 2 is 1.37 bits per heavy atom. The molecule has 0 unspecified atom stereocenters. The molecule has 5 rings (SSSR count). The van der Waals surface area contributed by atoms with E-state index in [1.807, 2.05) is 36.4 Å². The molecule has 27 heavy (non-hydrogen) atoms. The number of benzene rings is 4. The van der Waals surface area contributed by atoms with Crippen LogP contribution >= 0.6 is 11.6 Å². The molecule has 0 radical (unpaired) electrons. The van der Waals surface area contributed by atoms with Gasteiger partial charge in [-0.3, -0.25) is 0 Å². The summed E-state index contributed by atoms with van der Waals surface area (Å²) in [6, 6.07) is 28.8. The molecule has 0 aliphatic rings. The third kappa shape index (κ3) is 2.66. The zero-order chi connectivity index (χ0) is 18.4. The highest BCUT2D eigenvalue weighted by atomic mass is 35.5. The van der Waals surface area contributed by atoms with E-state index in [1.54, 1.807) is 0 Å². The van der Waals surface area contributed by atoms with Gasteiger partial charge in [-0.05, 0) is 53.1 Å². The number of nitrogens with two attached hydrogens (primary N) is 1. The Balaban J connectivity index is 1.88. The molecular formula is C24H17ClN2. The zero-order valence-electron chi connectivity index (χ0n) is 14.5. The van der Waals surface area contributed by atoms with E-state index < -0.39 is 0 Å². The lowest BCUT2D eigenvalue weighted by atomic mass is 9.92. The van der Waals surface area contributed by atoms with Crippen molar-refractivity contribution in [3.63, 3.8) is 0 Å². The van der Waals surface area contributed by atoms with E-state index in [4.69, 9.17) is 17.3 Å². The quantitative estimate of drug-likeness (QED) is 0.327. The first kappa shape index (κ1) is 16.0. The minimum atomic E-state index is 0.729. The summed E-state index contributed by atoms with van der Waals surface area (Å²) in [5.74, 6) is 0. The third-order valence-corrected chi connectivity index (χ3v) is 5.30. The van der Waals surface area contributed by atoms with E-state index in [-0.39, 0.29) is 0 Å². The van der Waals surface area contributed by atoms with Crippen molar-refractivity contribution in [1.82, 2.24) is 4.98 Å². The summed E-state index contributed by atoms with van der Waals surface area (Å²) >= 11 is 6.11. The summed E-state index contributed by atoms with van der Waals surface area (Å²) in [4.78, 5) is 3.53. The van der Waals surface area contributed by atoms with Crippen LogP contribution in [0.3, 0.4) is 0 Å². The minimum absolute atomic E-state index is 0.729. The average Bonchev–Trinajstić information content (AvgIpc) is 3.06. The second-order valence-electron chi connectivity index (χ2n) is 6.71. The van der Waals surface area contributed by atoms with E-state index >= 15 is 0 Å². The Morgan fingerprint density at radius 1 is 0.630 bits per heavy atom. The summed E-state index contributed by atoms with van der Waals surface area (Å²) in [6.45, 7) is 0. The molecule has 130 valence electrons. The molecule has 0 bridgehead atoms. The van der Waals surface area contributed by atoms with Crippen molar-refractivity contribution < 1.29 is 0 Å². The monoisotopic (exact) mass is 368 g/mol. The largest absolute Gasteiger partial charge is 0.398 e. The van der Waals surface area contributed by atoms with Crippen molar-refractivity contribution in [1.29, 1.82) is 0 Å². The van der Waals surface area contributed by atoms with Gasteiger partial charge in [0.05, 0.1) is 0 Å². The van der Waals surface area contributed by atoms with Crippen molar-refractivity contribution in [3.8, 4) is 22.3 Å². The first-order valence-electron chi connectivity index (χ1n) is 8.86. The Bertz CT molecular complexity index is 1280. The van der Waals surface area contributed by atoms with Gasteiger partial charge in [0.1, 0.15) is 0 Å². The van der Waals surface area contributed by atoms with Gasteiger partial charge in [-0.25, -0.2) is 0 Å². The Labute approximate surface area is 162 Å². The lowest BCUT2D eigenvalue weighted by Gasteiger charge is -2.13. The summed E-state index contributed by atoms with van der Waals surface area (Å²) in [5, 5.41) is 3.15. The van der Waals surface area contributed by atoms with E-state index in [1.165, 1.54) is 10.8 Å². The molecule has 3 heteroatoms. The van der Waals surface area contributed by atoms with Gasteiger partial charge in [-0.2, -0.15) is 0 Å². The molecule has 0 fully saturated rings. The van der Waals surface area contributed by atoms with E-state index in [9.17, 15) is 0 Å². The number of anilines is 1. The molecule has 2 nitrogen and oxygen atoms in total. The van der Waals surface area contributed by atoms with Crippen molar-refractivity contribution in [2.75, 3.05) is 5.73 Å². The van der Waals surface area contributed by atoms with Crippen LogP contribution < -0.4 is 5.73 Å². The van der Waals surface area contributed by atoms with Gasteiger partial charge in [-0.15, -0.1) is 0 Å². The highest BCUT2D eigenvalue weighted by Gasteiger charge is 2.14. The van der Waals surface area contributed by atoms with Gasteiger partial charge in [0, 0.05) is 38.1 Å². The predicted molar refractivity (Wildman–Crippen MR) is 116 cm³/mol. The number of fused-ring (bicyclic) bond motifs is 3. The number of rotatable bonds is 2. The van der Waals surface area contributed by atoms with Crippen LogP contribution in [0, 0.1) is 0 Å². The fourth-order valence-electron chi connectivity index (χ4n) is 3.73. The number of hydrogen-bond acceptors (Lipinski definition) is 1.